The molecular weight excluding hydrogens is 180 g/mol. The summed E-state index contributed by atoms with van der Waals surface area (Å²) in [4.78, 5) is 0. The molecule has 0 amide bonds. The highest BCUT2D eigenvalue weighted by molar-refractivity contribution is 5.40. The third-order valence-corrected chi connectivity index (χ3v) is 2.48. The van der Waals surface area contributed by atoms with E-state index >= 15 is 0 Å². The summed E-state index contributed by atoms with van der Waals surface area (Å²) < 4.78 is 5.40. The van der Waals surface area contributed by atoms with Gasteiger partial charge in [-0.05, 0) is 24.1 Å². The lowest BCUT2D eigenvalue weighted by Gasteiger charge is -2.22. The van der Waals surface area contributed by atoms with Gasteiger partial charge in [0.2, 0.25) is 0 Å². The van der Waals surface area contributed by atoms with Gasteiger partial charge in [0.15, 0.2) is 0 Å². The van der Waals surface area contributed by atoms with Crippen molar-refractivity contribution in [2.45, 2.75) is 18.9 Å². The minimum absolute atomic E-state index is 0.135. The molecule has 1 aromatic carbocycles. The monoisotopic (exact) mass is 194 g/mol. The van der Waals surface area contributed by atoms with E-state index in [4.69, 9.17) is 9.84 Å². The third-order valence-electron chi connectivity index (χ3n) is 2.48. The van der Waals surface area contributed by atoms with Gasteiger partial charge in [0, 0.05) is 18.6 Å². The van der Waals surface area contributed by atoms with Crippen LogP contribution >= 0.6 is 0 Å². The second-order valence-electron chi connectivity index (χ2n) is 3.50. The van der Waals surface area contributed by atoms with Gasteiger partial charge in [0.1, 0.15) is 5.75 Å². The number of aliphatic hydroxyl groups is 2. The molecule has 2 rings (SSSR count). The molecule has 0 aromatic heterocycles. The molecule has 0 saturated heterocycles. The highest BCUT2D eigenvalue weighted by Crippen LogP contribution is 2.32. The largest absolute Gasteiger partial charge is 0.493 e. The van der Waals surface area contributed by atoms with Crippen LogP contribution in [0.5, 0.6) is 5.75 Å². The quantitative estimate of drug-likeness (QED) is 0.739. The van der Waals surface area contributed by atoms with E-state index in [2.05, 4.69) is 0 Å². The minimum atomic E-state index is -0.419. The standard InChI is InChI=1S/C11H14O3/c12-5-3-8-1-2-11-9(7-8)10(13)4-6-14-11/h1-2,7,10,12-13H,3-6H2. The number of aliphatic hydroxyl groups excluding tert-OH is 2. The molecule has 1 aliphatic heterocycles. The zero-order valence-electron chi connectivity index (χ0n) is 7.94. The van der Waals surface area contributed by atoms with E-state index in [1.165, 1.54) is 0 Å². The van der Waals surface area contributed by atoms with Gasteiger partial charge >= 0.3 is 0 Å². The molecule has 1 heterocycles. The van der Waals surface area contributed by atoms with Crippen LogP contribution in [0.2, 0.25) is 0 Å². The fraction of sp³-hybridized carbons (Fsp3) is 0.455. The van der Waals surface area contributed by atoms with Crippen molar-refractivity contribution in [2.75, 3.05) is 13.2 Å². The third kappa shape index (κ3) is 1.74. The van der Waals surface area contributed by atoms with Crippen LogP contribution in [0, 0.1) is 0 Å². The molecule has 76 valence electrons. The number of hydrogen-bond donors (Lipinski definition) is 2. The van der Waals surface area contributed by atoms with Crippen LogP contribution in [0.3, 0.4) is 0 Å². The fourth-order valence-corrected chi connectivity index (χ4v) is 1.71. The van der Waals surface area contributed by atoms with E-state index in [0.717, 1.165) is 16.9 Å². The summed E-state index contributed by atoms with van der Waals surface area (Å²) in [5, 5.41) is 18.5. The van der Waals surface area contributed by atoms with Crippen molar-refractivity contribution in [3.05, 3.63) is 29.3 Å². The number of rotatable bonds is 2. The summed E-state index contributed by atoms with van der Waals surface area (Å²) in [6.07, 6.45) is 0.854. The number of hydrogen-bond acceptors (Lipinski definition) is 3. The summed E-state index contributed by atoms with van der Waals surface area (Å²) in [6.45, 7) is 0.712. The van der Waals surface area contributed by atoms with Crippen molar-refractivity contribution in [1.82, 2.24) is 0 Å². The van der Waals surface area contributed by atoms with Crippen molar-refractivity contribution in [1.29, 1.82) is 0 Å². The van der Waals surface area contributed by atoms with Gasteiger partial charge in [-0.15, -0.1) is 0 Å². The van der Waals surface area contributed by atoms with E-state index in [1.54, 1.807) is 0 Å². The molecule has 0 bridgehead atoms. The second kappa shape index (κ2) is 3.98. The maximum Gasteiger partial charge on any atom is 0.125 e. The normalized spacial score (nSPS) is 20.0. The predicted octanol–water partition coefficient (Wildman–Crippen LogP) is 1.04. The molecule has 0 saturated carbocycles. The van der Waals surface area contributed by atoms with Crippen LogP contribution < -0.4 is 4.74 Å². The average Bonchev–Trinajstić information content (AvgIpc) is 2.20. The first-order chi connectivity index (χ1) is 6.81. The van der Waals surface area contributed by atoms with Crippen LogP contribution in [-0.4, -0.2) is 23.4 Å². The lowest BCUT2D eigenvalue weighted by atomic mass is 10.00. The second-order valence-corrected chi connectivity index (χ2v) is 3.50. The minimum Gasteiger partial charge on any atom is -0.493 e. The van der Waals surface area contributed by atoms with Gasteiger partial charge < -0.3 is 14.9 Å². The molecule has 14 heavy (non-hydrogen) atoms. The summed E-state index contributed by atoms with van der Waals surface area (Å²) in [5.74, 6) is 0.769. The Morgan fingerprint density at radius 3 is 3.07 bits per heavy atom. The van der Waals surface area contributed by atoms with Crippen molar-refractivity contribution in [2.24, 2.45) is 0 Å². The Morgan fingerprint density at radius 1 is 1.43 bits per heavy atom. The van der Waals surface area contributed by atoms with E-state index in [0.29, 0.717) is 19.4 Å². The van der Waals surface area contributed by atoms with E-state index in [9.17, 15) is 5.11 Å². The zero-order valence-corrected chi connectivity index (χ0v) is 7.94. The number of benzene rings is 1. The fourth-order valence-electron chi connectivity index (χ4n) is 1.71. The summed E-state index contributed by atoms with van der Waals surface area (Å²) >= 11 is 0. The van der Waals surface area contributed by atoms with Gasteiger partial charge in [0.05, 0.1) is 12.7 Å². The van der Waals surface area contributed by atoms with Crippen LogP contribution in [0.15, 0.2) is 18.2 Å². The van der Waals surface area contributed by atoms with Gasteiger partial charge in [-0.3, -0.25) is 0 Å². The molecule has 0 aliphatic carbocycles. The van der Waals surface area contributed by atoms with Crippen molar-refractivity contribution >= 4 is 0 Å². The molecule has 1 aliphatic rings. The molecule has 0 spiro atoms. The SMILES string of the molecule is OCCc1ccc2c(c1)C(O)CCO2. The molecule has 3 heteroatoms. The van der Waals surface area contributed by atoms with Crippen molar-refractivity contribution in [3.63, 3.8) is 0 Å². The van der Waals surface area contributed by atoms with E-state index in [-0.39, 0.29) is 6.61 Å². The maximum absolute atomic E-state index is 9.71. The maximum atomic E-state index is 9.71. The Bertz CT molecular complexity index is 322. The van der Waals surface area contributed by atoms with Crippen LogP contribution in [0.1, 0.15) is 23.7 Å². The first-order valence-corrected chi connectivity index (χ1v) is 4.86. The Kier molecular flexibility index (Phi) is 2.70. The zero-order chi connectivity index (χ0) is 9.97. The highest BCUT2D eigenvalue weighted by Gasteiger charge is 2.18. The molecule has 1 aromatic rings. The average molecular weight is 194 g/mol. The predicted molar refractivity (Wildman–Crippen MR) is 52.3 cm³/mol. The lowest BCUT2D eigenvalue weighted by molar-refractivity contribution is 0.115. The topological polar surface area (TPSA) is 49.7 Å². The Hall–Kier alpha value is -1.06. The lowest BCUT2D eigenvalue weighted by Crippen LogP contribution is -2.14. The van der Waals surface area contributed by atoms with Gasteiger partial charge in [-0.1, -0.05) is 6.07 Å². The summed E-state index contributed by atoms with van der Waals surface area (Å²) in [5.41, 5.74) is 1.89. The van der Waals surface area contributed by atoms with Crippen LogP contribution in [0.25, 0.3) is 0 Å². The number of ether oxygens (including phenoxy) is 1. The van der Waals surface area contributed by atoms with Crippen LogP contribution in [0.4, 0.5) is 0 Å². The van der Waals surface area contributed by atoms with Crippen molar-refractivity contribution < 1.29 is 14.9 Å². The first kappa shape index (κ1) is 9.49. The van der Waals surface area contributed by atoms with Crippen molar-refractivity contribution in [3.8, 4) is 5.75 Å². The first-order valence-electron chi connectivity index (χ1n) is 4.86. The van der Waals surface area contributed by atoms with Gasteiger partial charge in [-0.2, -0.15) is 0 Å². The van der Waals surface area contributed by atoms with Gasteiger partial charge in [0.25, 0.3) is 0 Å². The van der Waals surface area contributed by atoms with Crippen LogP contribution in [-0.2, 0) is 6.42 Å². The highest BCUT2D eigenvalue weighted by atomic mass is 16.5. The molecule has 2 N–H and O–H groups in total. The Balaban J connectivity index is 2.31. The van der Waals surface area contributed by atoms with E-state index in [1.807, 2.05) is 18.2 Å². The number of fused-ring (bicyclic) bond motifs is 1. The molecule has 0 radical (unpaired) electrons. The Labute approximate surface area is 83.0 Å². The smallest absolute Gasteiger partial charge is 0.125 e. The molecule has 1 atom stereocenters. The molecule has 3 nitrogen and oxygen atoms in total. The Morgan fingerprint density at radius 2 is 2.29 bits per heavy atom. The summed E-state index contributed by atoms with van der Waals surface area (Å²) in [7, 11) is 0. The van der Waals surface area contributed by atoms with E-state index < -0.39 is 6.10 Å². The van der Waals surface area contributed by atoms with Gasteiger partial charge in [-0.25, -0.2) is 0 Å². The molecular formula is C11H14O3. The molecule has 0 fully saturated rings. The summed E-state index contributed by atoms with van der Waals surface area (Å²) in [6, 6.07) is 5.70. The molecule has 1 unspecified atom stereocenters.